The Balaban J connectivity index is 1.52. The van der Waals surface area contributed by atoms with Gasteiger partial charge in [0.1, 0.15) is 5.82 Å². The molecule has 2 aromatic rings. The van der Waals surface area contributed by atoms with Crippen LogP contribution >= 0.6 is 0 Å². The number of carbonyl (C=O) groups is 2. The van der Waals surface area contributed by atoms with E-state index in [9.17, 15) is 14.7 Å². The number of H-pyrrole nitrogens is 1. The van der Waals surface area contributed by atoms with Crippen molar-refractivity contribution < 1.29 is 14.7 Å². The summed E-state index contributed by atoms with van der Waals surface area (Å²) in [5, 5.41) is 9.23. The molecule has 0 aromatic carbocycles. The standard InChI is InChI=1S/C18H22N4O3/c23-17(24)8-12-4-6-22(18(25)11-1-2-11)10-13(12)7-16-20-14-3-5-19-9-15(14)21-16/h3,5,9,11-13H,1-2,4,6-8,10H2,(H,20,21)(H,23,24). The zero-order valence-corrected chi connectivity index (χ0v) is 14.0. The van der Waals surface area contributed by atoms with E-state index in [1.165, 1.54) is 0 Å². The minimum Gasteiger partial charge on any atom is -0.481 e. The van der Waals surface area contributed by atoms with Crippen molar-refractivity contribution >= 4 is 22.9 Å². The highest BCUT2D eigenvalue weighted by molar-refractivity contribution is 5.81. The molecular formula is C18H22N4O3. The summed E-state index contributed by atoms with van der Waals surface area (Å²) < 4.78 is 0. The van der Waals surface area contributed by atoms with E-state index >= 15 is 0 Å². The normalized spacial score (nSPS) is 23.8. The first-order chi connectivity index (χ1) is 12.1. The zero-order valence-electron chi connectivity index (χ0n) is 14.0. The van der Waals surface area contributed by atoms with E-state index in [4.69, 9.17) is 0 Å². The number of aliphatic carboxylic acids is 1. The molecule has 0 bridgehead atoms. The highest BCUT2D eigenvalue weighted by Gasteiger charge is 2.38. The number of hydrogen-bond donors (Lipinski definition) is 2. The van der Waals surface area contributed by atoms with Crippen molar-refractivity contribution in [1.82, 2.24) is 19.9 Å². The van der Waals surface area contributed by atoms with E-state index in [1.807, 2.05) is 11.0 Å². The number of hydrogen-bond acceptors (Lipinski definition) is 4. The number of aromatic nitrogens is 3. The van der Waals surface area contributed by atoms with Crippen molar-refractivity contribution in [3.05, 3.63) is 24.3 Å². The van der Waals surface area contributed by atoms with Crippen molar-refractivity contribution in [2.75, 3.05) is 13.1 Å². The summed E-state index contributed by atoms with van der Waals surface area (Å²) in [5.74, 6) is 0.699. The van der Waals surface area contributed by atoms with Gasteiger partial charge in [0.25, 0.3) is 0 Å². The number of fused-ring (bicyclic) bond motifs is 1. The molecule has 7 nitrogen and oxygen atoms in total. The van der Waals surface area contributed by atoms with E-state index in [-0.39, 0.29) is 30.1 Å². The molecule has 2 aliphatic rings. The second-order valence-corrected chi connectivity index (χ2v) is 7.25. The molecule has 2 aromatic heterocycles. The Labute approximate surface area is 145 Å². The van der Waals surface area contributed by atoms with E-state index in [1.54, 1.807) is 12.4 Å². The maximum atomic E-state index is 12.4. The molecule has 2 atom stereocenters. The third-order valence-corrected chi connectivity index (χ3v) is 5.35. The second kappa shape index (κ2) is 6.46. The Morgan fingerprint density at radius 1 is 1.28 bits per heavy atom. The number of likely N-dealkylation sites (tertiary alicyclic amines) is 1. The first-order valence-corrected chi connectivity index (χ1v) is 8.89. The van der Waals surface area contributed by atoms with Crippen LogP contribution in [0.1, 0.15) is 31.5 Å². The van der Waals surface area contributed by atoms with Crippen molar-refractivity contribution in [3.63, 3.8) is 0 Å². The van der Waals surface area contributed by atoms with Crippen LogP contribution in [0, 0.1) is 17.8 Å². The predicted octanol–water partition coefficient (Wildman–Crippen LogP) is 1.85. The minimum absolute atomic E-state index is 0.0760. The van der Waals surface area contributed by atoms with Crippen molar-refractivity contribution in [3.8, 4) is 0 Å². The number of nitrogens with zero attached hydrogens (tertiary/aromatic N) is 3. The van der Waals surface area contributed by atoms with Gasteiger partial charge in [-0.15, -0.1) is 0 Å². The number of amides is 1. The second-order valence-electron chi connectivity index (χ2n) is 7.25. The number of imidazole rings is 1. The highest BCUT2D eigenvalue weighted by atomic mass is 16.4. The van der Waals surface area contributed by atoms with Crippen LogP contribution in [0.4, 0.5) is 0 Å². The van der Waals surface area contributed by atoms with Gasteiger partial charge in [-0.25, -0.2) is 4.98 Å². The largest absolute Gasteiger partial charge is 0.481 e. The molecule has 1 saturated carbocycles. The average Bonchev–Trinajstić information content (AvgIpc) is 3.35. The topological polar surface area (TPSA) is 99.2 Å². The van der Waals surface area contributed by atoms with E-state index in [2.05, 4.69) is 15.0 Å². The minimum atomic E-state index is -0.772. The number of carboxylic acid groups (broad SMARTS) is 1. The zero-order chi connectivity index (χ0) is 17.4. The summed E-state index contributed by atoms with van der Waals surface area (Å²) in [6.45, 7) is 1.30. The molecule has 0 radical (unpaired) electrons. The molecule has 25 heavy (non-hydrogen) atoms. The van der Waals surface area contributed by atoms with Gasteiger partial charge in [-0.2, -0.15) is 0 Å². The first-order valence-electron chi connectivity index (χ1n) is 8.89. The molecule has 0 spiro atoms. The lowest BCUT2D eigenvalue weighted by atomic mass is 9.81. The SMILES string of the molecule is O=C(O)CC1CCN(C(=O)C2CC2)CC1Cc1nc2ccncc2[nH]1. The smallest absolute Gasteiger partial charge is 0.303 e. The first kappa shape index (κ1) is 16.1. The summed E-state index contributed by atoms with van der Waals surface area (Å²) in [6.07, 6.45) is 6.99. The van der Waals surface area contributed by atoms with Crippen LogP contribution in [0.25, 0.3) is 11.0 Å². The summed E-state index contributed by atoms with van der Waals surface area (Å²) in [6, 6.07) is 1.86. The Morgan fingerprint density at radius 2 is 2.12 bits per heavy atom. The fraction of sp³-hybridized carbons (Fsp3) is 0.556. The monoisotopic (exact) mass is 342 g/mol. The molecule has 1 aliphatic heterocycles. The molecular weight excluding hydrogens is 320 g/mol. The van der Waals surface area contributed by atoms with Gasteiger partial charge in [0.2, 0.25) is 5.91 Å². The van der Waals surface area contributed by atoms with Gasteiger partial charge < -0.3 is 15.0 Å². The molecule has 2 unspecified atom stereocenters. The van der Waals surface area contributed by atoms with Gasteiger partial charge >= 0.3 is 5.97 Å². The molecule has 1 amide bonds. The molecule has 132 valence electrons. The lowest BCUT2D eigenvalue weighted by Gasteiger charge is -2.38. The van der Waals surface area contributed by atoms with Crippen LogP contribution in [0.3, 0.4) is 0 Å². The summed E-state index contributed by atoms with van der Waals surface area (Å²) in [7, 11) is 0. The summed E-state index contributed by atoms with van der Waals surface area (Å²) in [4.78, 5) is 37.5. The Morgan fingerprint density at radius 3 is 2.84 bits per heavy atom. The van der Waals surface area contributed by atoms with Gasteiger partial charge in [0.05, 0.1) is 17.2 Å². The third kappa shape index (κ3) is 3.50. The number of aromatic amines is 1. The van der Waals surface area contributed by atoms with Crippen LogP contribution in [0.2, 0.25) is 0 Å². The number of piperidine rings is 1. The van der Waals surface area contributed by atoms with Crippen LogP contribution in [0.5, 0.6) is 0 Å². The quantitative estimate of drug-likeness (QED) is 0.864. The lowest BCUT2D eigenvalue weighted by molar-refractivity contribution is -0.140. The van der Waals surface area contributed by atoms with Crippen LogP contribution in [-0.2, 0) is 16.0 Å². The van der Waals surface area contributed by atoms with Crippen LogP contribution < -0.4 is 0 Å². The summed E-state index contributed by atoms with van der Waals surface area (Å²) in [5.41, 5.74) is 1.75. The molecule has 2 fully saturated rings. The maximum Gasteiger partial charge on any atom is 0.303 e. The van der Waals surface area contributed by atoms with Crippen LogP contribution in [-0.4, -0.2) is 49.9 Å². The van der Waals surface area contributed by atoms with Crippen molar-refractivity contribution in [1.29, 1.82) is 0 Å². The van der Waals surface area contributed by atoms with Gasteiger partial charge in [-0.05, 0) is 37.2 Å². The predicted molar refractivity (Wildman–Crippen MR) is 90.7 cm³/mol. The van der Waals surface area contributed by atoms with E-state index in [0.29, 0.717) is 19.5 Å². The van der Waals surface area contributed by atoms with Gasteiger partial charge in [0.15, 0.2) is 0 Å². The number of rotatable bonds is 5. The number of carbonyl (C=O) groups excluding carboxylic acids is 1. The lowest BCUT2D eigenvalue weighted by Crippen LogP contribution is -2.45. The third-order valence-electron chi connectivity index (χ3n) is 5.35. The molecule has 4 rings (SSSR count). The molecule has 2 N–H and O–H groups in total. The molecule has 1 saturated heterocycles. The Hall–Kier alpha value is -2.44. The summed E-state index contributed by atoms with van der Waals surface area (Å²) >= 11 is 0. The average molecular weight is 342 g/mol. The fourth-order valence-electron chi connectivity index (χ4n) is 3.85. The van der Waals surface area contributed by atoms with Gasteiger partial charge in [0, 0.05) is 38.0 Å². The van der Waals surface area contributed by atoms with Gasteiger partial charge in [-0.1, -0.05) is 0 Å². The fourth-order valence-corrected chi connectivity index (χ4v) is 3.85. The number of nitrogens with one attached hydrogen (secondary N) is 1. The molecule has 1 aliphatic carbocycles. The maximum absolute atomic E-state index is 12.4. The van der Waals surface area contributed by atoms with E-state index < -0.39 is 5.97 Å². The van der Waals surface area contributed by atoms with Crippen molar-refractivity contribution in [2.24, 2.45) is 17.8 Å². The Kier molecular flexibility index (Phi) is 4.15. The van der Waals surface area contributed by atoms with Crippen molar-refractivity contribution in [2.45, 2.75) is 32.1 Å². The molecule has 3 heterocycles. The number of carboxylic acids is 1. The Bertz CT molecular complexity index is 765. The van der Waals surface area contributed by atoms with E-state index in [0.717, 1.165) is 36.1 Å². The van der Waals surface area contributed by atoms with Crippen LogP contribution in [0.15, 0.2) is 18.5 Å². The molecule has 7 heteroatoms. The number of pyridine rings is 1. The highest BCUT2D eigenvalue weighted by Crippen LogP contribution is 2.35. The van der Waals surface area contributed by atoms with Gasteiger partial charge in [-0.3, -0.25) is 14.6 Å².